The van der Waals surface area contributed by atoms with Crippen molar-refractivity contribution in [2.45, 2.75) is 35.8 Å². The lowest BCUT2D eigenvalue weighted by Gasteiger charge is -2.22. The van der Waals surface area contributed by atoms with Crippen LogP contribution < -0.4 is 4.18 Å². The number of carbonyl (C=O) groups is 1. The smallest absolute Gasteiger partial charge is 0.339 e. The van der Waals surface area contributed by atoms with Gasteiger partial charge in [-0.05, 0) is 57.4 Å². The molecule has 0 saturated heterocycles. The number of sulfone groups is 1. The summed E-state index contributed by atoms with van der Waals surface area (Å²) in [6.45, 7) is 5.21. The second kappa shape index (κ2) is 9.28. The number of aryl methyl sites for hydroxylation is 1. The molecule has 0 aliphatic rings. The monoisotopic (exact) mass is 453 g/mol. The maximum Gasteiger partial charge on any atom is 0.339 e. The quantitative estimate of drug-likeness (QED) is 0.538. The number of Topliss-reactive ketones (excluding diaryl/α,β-unsaturated/α-hetero) is 1. The highest BCUT2D eigenvalue weighted by molar-refractivity contribution is 7.92. The summed E-state index contributed by atoms with van der Waals surface area (Å²) < 4.78 is 56.0. The molecule has 30 heavy (non-hydrogen) atoms. The van der Waals surface area contributed by atoms with Crippen LogP contribution in [0.4, 0.5) is 0 Å². The van der Waals surface area contributed by atoms with Crippen LogP contribution in [0.2, 0.25) is 0 Å². The summed E-state index contributed by atoms with van der Waals surface area (Å²) in [4.78, 5) is 14.1. The Kier molecular flexibility index (Phi) is 7.44. The van der Waals surface area contributed by atoms with Crippen molar-refractivity contribution in [3.8, 4) is 5.75 Å². The van der Waals surface area contributed by atoms with E-state index >= 15 is 0 Å². The molecule has 9 heteroatoms. The van der Waals surface area contributed by atoms with Gasteiger partial charge in [0.25, 0.3) is 0 Å². The molecule has 0 saturated carbocycles. The van der Waals surface area contributed by atoms with Gasteiger partial charge in [-0.3, -0.25) is 4.79 Å². The van der Waals surface area contributed by atoms with Crippen molar-refractivity contribution in [1.82, 2.24) is 4.90 Å². The van der Waals surface area contributed by atoms with E-state index in [1.807, 2.05) is 6.92 Å². The third-order valence-electron chi connectivity index (χ3n) is 4.46. The summed E-state index contributed by atoms with van der Waals surface area (Å²) in [7, 11) is -4.60. The average molecular weight is 454 g/mol. The van der Waals surface area contributed by atoms with Crippen molar-refractivity contribution in [3.05, 3.63) is 54.1 Å². The highest BCUT2D eigenvalue weighted by Crippen LogP contribution is 2.24. The summed E-state index contributed by atoms with van der Waals surface area (Å²) in [5.41, 5.74) is 0.909. The van der Waals surface area contributed by atoms with Crippen LogP contribution in [0, 0.1) is 12.8 Å². The fourth-order valence-corrected chi connectivity index (χ4v) is 5.62. The Labute approximate surface area is 178 Å². The lowest BCUT2D eigenvalue weighted by atomic mass is 10.1. The van der Waals surface area contributed by atoms with Gasteiger partial charge in [0.05, 0.1) is 4.90 Å². The lowest BCUT2D eigenvalue weighted by molar-refractivity contribution is -0.121. The number of benzene rings is 2. The lowest BCUT2D eigenvalue weighted by Crippen LogP contribution is -2.41. The van der Waals surface area contributed by atoms with Crippen LogP contribution in [0.3, 0.4) is 0 Å². The molecule has 0 amide bonds. The highest BCUT2D eigenvalue weighted by Gasteiger charge is 2.35. The molecule has 2 aromatic rings. The van der Waals surface area contributed by atoms with Crippen LogP contribution in [0.25, 0.3) is 0 Å². The van der Waals surface area contributed by atoms with Crippen LogP contribution in [0.5, 0.6) is 5.75 Å². The van der Waals surface area contributed by atoms with E-state index in [2.05, 4.69) is 0 Å². The standard InChI is InChI=1S/C21H27NO6S2/c1-15(2)21(23)20(14-22(4)5)29(24,25)18-12-8-17(9-13-18)28-30(26,27)19-10-6-16(3)7-11-19/h6-13,15,20H,14H2,1-5H3. The molecule has 1 atom stereocenters. The summed E-state index contributed by atoms with van der Waals surface area (Å²) in [6, 6.07) is 11.2. The zero-order valence-corrected chi connectivity index (χ0v) is 19.3. The van der Waals surface area contributed by atoms with Gasteiger partial charge in [0.1, 0.15) is 15.9 Å². The van der Waals surface area contributed by atoms with Gasteiger partial charge in [0.2, 0.25) is 0 Å². The van der Waals surface area contributed by atoms with Crippen LogP contribution in [0.15, 0.2) is 58.3 Å². The van der Waals surface area contributed by atoms with Crippen molar-refractivity contribution in [2.24, 2.45) is 5.92 Å². The summed E-state index contributed by atoms with van der Waals surface area (Å²) in [6.07, 6.45) is 0. The number of hydrogen-bond acceptors (Lipinski definition) is 7. The first kappa shape index (κ1) is 24.0. The molecular weight excluding hydrogens is 426 g/mol. The minimum atomic E-state index is -4.05. The third kappa shape index (κ3) is 5.68. The molecule has 0 spiro atoms. The maximum absolute atomic E-state index is 13.1. The van der Waals surface area contributed by atoms with E-state index in [0.29, 0.717) is 0 Å². The van der Waals surface area contributed by atoms with Crippen molar-refractivity contribution >= 4 is 25.7 Å². The van der Waals surface area contributed by atoms with Crippen LogP contribution in [-0.4, -0.2) is 53.4 Å². The van der Waals surface area contributed by atoms with Crippen molar-refractivity contribution in [2.75, 3.05) is 20.6 Å². The minimum Gasteiger partial charge on any atom is -0.379 e. The molecule has 0 bridgehead atoms. The maximum atomic E-state index is 13.1. The Bertz CT molecular complexity index is 1090. The zero-order valence-electron chi connectivity index (χ0n) is 17.7. The van der Waals surface area contributed by atoms with E-state index in [-0.39, 0.29) is 27.9 Å². The SMILES string of the molecule is Cc1ccc(S(=O)(=O)Oc2ccc(S(=O)(=O)C(CN(C)C)C(=O)C(C)C)cc2)cc1. The van der Waals surface area contributed by atoms with Gasteiger partial charge in [-0.15, -0.1) is 0 Å². The molecule has 164 valence electrons. The number of rotatable bonds is 9. The number of ketones is 1. The van der Waals surface area contributed by atoms with Gasteiger partial charge < -0.3 is 9.08 Å². The van der Waals surface area contributed by atoms with E-state index in [1.54, 1.807) is 45.0 Å². The summed E-state index contributed by atoms with van der Waals surface area (Å²) in [5.74, 6) is -0.827. The van der Waals surface area contributed by atoms with E-state index in [4.69, 9.17) is 4.18 Å². The van der Waals surface area contributed by atoms with Gasteiger partial charge in [0.15, 0.2) is 15.6 Å². The predicted octanol–water partition coefficient (Wildman–Crippen LogP) is 2.69. The number of carbonyl (C=O) groups excluding carboxylic acids is 1. The molecular formula is C21H27NO6S2. The molecule has 0 aromatic heterocycles. The molecule has 2 aromatic carbocycles. The Morgan fingerprint density at radius 2 is 1.40 bits per heavy atom. The number of nitrogens with zero attached hydrogens (tertiary/aromatic N) is 1. The van der Waals surface area contributed by atoms with E-state index < -0.39 is 31.1 Å². The van der Waals surface area contributed by atoms with Crippen molar-refractivity contribution in [1.29, 1.82) is 0 Å². The molecule has 0 fully saturated rings. The van der Waals surface area contributed by atoms with E-state index in [1.165, 1.54) is 36.4 Å². The first-order valence-electron chi connectivity index (χ1n) is 9.38. The Morgan fingerprint density at radius 1 is 0.900 bits per heavy atom. The first-order chi connectivity index (χ1) is 13.8. The molecule has 0 aliphatic heterocycles. The fourth-order valence-electron chi connectivity index (χ4n) is 2.77. The Hall–Kier alpha value is -2.23. The van der Waals surface area contributed by atoms with Crippen LogP contribution >= 0.6 is 0 Å². The van der Waals surface area contributed by atoms with Crippen molar-refractivity contribution in [3.63, 3.8) is 0 Å². The normalized spacial score (nSPS) is 13.4. The molecule has 7 nitrogen and oxygen atoms in total. The molecule has 0 heterocycles. The summed E-state index contributed by atoms with van der Waals surface area (Å²) in [5, 5.41) is -1.21. The first-order valence-corrected chi connectivity index (χ1v) is 12.3. The van der Waals surface area contributed by atoms with Crippen LogP contribution in [-0.2, 0) is 24.7 Å². The van der Waals surface area contributed by atoms with Gasteiger partial charge in [-0.2, -0.15) is 8.42 Å². The van der Waals surface area contributed by atoms with E-state index in [9.17, 15) is 21.6 Å². The molecule has 1 unspecified atom stereocenters. The number of hydrogen-bond donors (Lipinski definition) is 0. The summed E-state index contributed by atoms with van der Waals surface area (Å²) >= 11 is 0. The highest BCUT2D eigenvalue weighted by atomic mass is 32.2. The van der Waals surface area contributed by atoms with Crippen molar-refractivity contribution < 1.29 is 25.8 Å². The predicted molar refractivity (Wildman–Crippen MR) is 115 cm³/mol. The second-order valence-corrected chi connectivity index (χ2v) is 11.4. The van der Waals surface area contributed by atoms with Gasteiger partial charge in [0, 0.05) is 12.5 Å². The largest absolute Gasteiger partial charge is 0.379 e. The average Bonchev–Trinajstić information content (AvgIpc) is 2.65. The Morgan fingerprint density at radius 3 is 1.87 bits per heavy atom. The zero-order chi connectivity index (χ0) is 22.7. The molecule has 0 radical (unpaired) electrons. The molecule has 0 N–H and O–H groups in total. The topological polar surface area (TPSA) is 97.8 Å². The molecule has 0 aliphatic carbocycles. The fraction of sp³-hybridized carbons (Fsp3) is 0.381. The third-order valence-corrected chi connectivity index (χ3v) is 7.78. The Balaban J connectivity index is 2.30. The minimum absolute atomic E-state index is 0.00150. The molecule has 2 rings (SSSR count). The van der Waals surface area contributed by atoms with E-state index in [0.717, 1.165) is 5.56 Å². The van der Waals surface area contributed by atoms with Gasteiger partial charge in [-0.1, -0.05) is 31.5 Å². The van der Waals surface area contributed by atoms with Gasteiger partial charge in [-0.25, -0.2) is 8.42 Å². The van der Waals surface area contributed by atoms with Gasteiger partial charge >= 0.3 is 10.1 Å². The van der Waals surface area contributed by atoms with Crippen LogP contribution in [0.1, 0.15) is 19.4 Å². The second-order valence-electron chi connectivity index (χ2n) is 7.67.